The van der Waals surface area contributed by atoms with E-state index in [0.717, 1.165) is 37.2 Å². The van der Waals surface area contributed by atoms with E-state index in [4.69, 9.17) is 9.47 Å². The summed E-state index contributed by atoms with van der Waals surface area (Å²) >= 11 is 0. The average Bonchev–Trinajstić information content (AvgIpc) is 2.80. The zero-order valence-corrected chi connectivity index (χ0v) is 19.4. The Balaban J connectivity index is 1.65. The number of nitrogens with one attached hydrogen (secondary N) is 1. The largest absolute Gasteiger partial charge is 0.491 e. The molecule has 0 saturated carbocycles. The molecule has 6 nitrogen and oxygen atoms in total. The minimum atomic E-state index is -0.318. The van der Waals surface area contributed by atoms with Gasteiger partial charge in [-0.25, -0.2) is 4.79 Å². The summed E-state index contributed by atoms with van der Waals surface area (Å²) in [7, 11) is 0. The first-order valence-electron chi connectivity index (χ1n) is 11.6. The molecule has 0 radical (unpaired) electrons. The van der Waals surface area contributed by atoms with E-state index in [-0.39, 0.29) is 18.0 Å². The summed E-state index contributed by atoms with van der Waals surface area (Å²) < 4.78 is 10.8. The summed E-state index contributed by atoms with van der Waals surface area (Å²) in [6, 6.07) is 13.1. The lowest BCUT2D eigenvalue weighted by Crippen LogP contribution is -2.33. The fourth-order valence-corrected chi connectivity index (χ4v) is 3.89. The number of anilines is 1. The fraction of sp³-hybridized carbons (Fsp3) is 0.462. The monoisotopic (exact) mass is 438 g/mol. The van der Waals surface area contributed by atoms with Crippen LogP contribution in [0, 0.1) is 0 Å². The highest BCUT2D eigenvalue weighted by Gasteiger charge is 2.20. The predicted molar refractivity (Wildman–Crippen MR) is 127 cm³/mol. The Morgan fingerprint density at radius 3 is 2.41 bits per heavy atom. The molecule has 2 aromatic carbocycles. The average molecular weight is 439 g/mol. The molecule has 1 saturated heterocycles. The highest BCUT2D eigenvalue weighted by atomic mass is 16.5. The van der Waals surface area contributed by atoms with Gasteiger partial charge in [0.15, 0.2) is 0 Å². The van der Waals surface area contributed by atoms with Gasteiger partial charge in [0.25, 0.3) is 5.91 Å². The van der Waals surface area contributed by atoms with Gasteiger partial charge in [0.2, 0.25) is 0 Å². The van der Waals surface area contributed by atoms with Crippen LogP contribution >= 0.6 is 0 Å². The molecule has 0 aliphatic carbocycles. The van der Waals surface area contributed by atoms with E-state index in [2.05, 4.69) is 10.2 Å². The molecule has 0 atom stereocenters. The van der Waals surface area contributed by atoms with Gasteiger partial charge in [-0.3, -0.25) is 4.79 Å². The molecule has 32 heavy (non-hydrogen) atoms. The molecule has 2 aromatic rings. The van der Waals surface area contributed by atoms with Crippen molar-refractivity contribution in [2.75, 3.05) is 31.1 Å². The molecule has 1 N–H and O–H groups in total. The summed E-state index contributed by atoms with van der Waals surface area (Å²) in [5.74, 6) is 0.296. The Kier molecular flexibility index (Phi) is 8.54. The lowest BCUT2D eigenvalue weighted by Gasteiger charge is -2.30. The SMILES string of the molecule is CCOC(=O)c1ccc(CCNC(=O)c2cc(OC(C)C)ccc2N2CCCCC2)cc1. The van der Waals surface area contributed by atoms with Gasteiger partial charge in [-0.2, -0.15) is 0 Å². The summed E-state index contributed by atoms with van der Waals surface area (Å²) in [4.78, 5) is 27.2. The number of piperidine rings is 1. The van der Waals surface area contributed by atoms with Gasteiger partial charge in [-0.15, -0.1) is 0 Å². The van der Waals surface area contributed by atoms with Crippen molar-refractivity contribution in [1.82, 2.24) is 5.32 Å². The second-order valence-corrected chi connectivity index (χ2v) is 8.32. The third-order valence-corrected chi connectivity index (χ3v) is 5.45. The molecule has 3 rings (SSSR count). The number of esters is 1. The van der Waals surface area contributed by atoms with Crippen LogP contribution in [0.1, 0.15) is 66.3 Å². The first kappa shape index (κ1) is 23.6. The standard InChI is InChI=1S/C26H34N2O4/c1-4-31-26(30)21-10-8-20(9-11-21)14-15-27-25(29)23-18-22(32-19(2)3)12-13-24(23)28-16-6-5-7-17-28/h8-13,18-19H,4-7,14-17H2,1-3H3,(H,27,29). The first-order chi connectivity index (χ1) is 15.5. The maximum absolute atomic E-state index is 13.1. The summed E-state index contributed by atoms with van der Waals surface area (Å²) in [6.07, 6.45) is 4.25. The van der Waals surface area contributed by atoms with Gasteiger partial charge in [0.1, 0.15) is 5.75 Å². The van der Waals surface area contributed by atoms with Gasteiger partial charge >= 0.3 is 5.97 Å². The van der Waals surface area contributed by atoms with E-state index in [9.17, 15) is 9.59 Å². The van der Waals surface area contributed by atoms with Crippen LogP contribution in [0.15, 0.2) is 42.5 Å². The Morgan fingerprint density at radius 2 is 1.75 bits per heavy atom. The molecule has 0 aromatic heterocycles. The Morgan fingerprint density at radius 1 is 1.03 bits per heavy atom. The summed E-state index contributed by atoms with van der Waals surface area (Å²) in [5.41, 5.74) is 3.21. The normalized spacial score (nSPS) is 13.7. The topological polar surface area (TPSA) is 67.9 Å². The zero-order chi connectivity index (χ0) is 22.9. The van der Waals surface area contributed by atoms with E-state index in [1.165, 1.54) is 6.42 Å². The van der Waals surface area contributed by atoms with E-state index >= 15 is 0 Å². The van der Waals surface area contributed by atoms with Crippen molar-refractivity contribution in [3.63, 3.8) is 0 Å². The lowest BCUT2D eigenvalue weighted by atomic mass is 10.1. The van der Waals surface area contributed by atoms with Crippen molar-refractivity contribution >= 4 is 17.6 Å². The molecular formula is C26H34N2O4. The number of nitrogens with zero attached hydrogens (tertiary/aromatic N) is 1. The quantitative estimate of drug-likeness (QED) is 0.579. The minimum absolute atomic E-state index is 0.0457. The molecule has 0 unspecified atom stereocenters. The number of amides is 1. The second-order valence-electron chi connectivity index (χ2n) is 8.32. The van der Waals surface area contributed by atoms with Crippen molar-refractivity contribution in [2.24, 2.45) is 0 Å². The van der Waals surface area contributed by atoms with Crippen LogP contribution in [0.4, 0.5) is 5.69 Å². The van der Waals surface area contributed by atoms with Crippen LogP contribution in [0.3, 0.4) is 0 Å². The molecule has 1 aliphatic rings. The maximum atomic E-state index is 13.1. The molecule has 172 valence electrons. The third-order valence-electron chi connectivity index (χ3n) is 5.45. The van der Waals surface area contributed by atoms with Gasteiger partial charge in [0, 0.05) is 25.3 Å². The molecular weight excluding hydrogens is 404 g/mol. The van der Waals surface area contributed by atoms with Gasteiger partial charge < -0.3 is 19.7 Å². The highest BCUT2D eigenvalue weighted by molar-refractivity contribution is 6.00. The van der Waals surface area contributed by atoms with Gasteiger partial charge in [0.05, 0.1) is 23.8 Å². The number of hydrogen-bond acceptors (Lipinski definition) is 5. The number of hydrogen-bond donors (Lipinski definition) is 1. The summed E-state index contributed by atoms with van der Waals surface area (Å²) in [6.45, 7) is 8.55. The maximum Gasteiger partial charge on any atom is 0.338 e. The van der Waals surface area contributed by atoms with Crippen LogP contribution in [0.5, 0.6) is 5.75 Å². The van der Waals surface area contributed by atoms with Crippen LogP contribution in [0.2, 0.25) is 0 Å². The second kappa shape index (κ2) is 11.6. The van der Waals surface area contributed by atoms with Gasteiger partial charge in [-0.05, 0) is 82.3 Å². The summed E-state index contributed by atoms with van der Waals surface area (Å²) in [5, 5.41) is 3.05. The van der Waals surface area contributed by atoms with E-state index in [1.54, 1.807) is 19.1 Å². The number of ether oxygens (including phenoxy) is 2. The molecule has 1 amide bonds. The van der Waals surface area contributed by atoms with Crippen LogP contribution in [0.25, 0.3) is 0 Å². The molecule has 1 heterocycles. The number of carbonyl (C=O) groups is 2. The van der Waals surface area contributed by atoms with E-state index in [1.807, 2.05) is 44.2 Å². The molecule has 0 spiro atoms. The van der Waals surface area contributed by atoms with E-state index in [0.29, 0.717) is 36.4 Å². The Labute approximate surface area is 190 Å². The van der Waals surface area contributed by atoms with Crippen LogP contribution in [-0.4, -0.2) is 44.2 Å². The molecule has 0 bridgehead atoms. The van der Waals surface area contributed by atoms with Crippen molar-refractivity contribution in [3.05, 3.63) is 59.2 Å². The first-order valence-corrected chi connectivity index (χ1v) is 11.6. The number of rotatable bonds is 9. The fourth-order valence-electron chi connectivity index (χ4n) is 3.89. The van der Waals surface area contributed by atoms with Crippen molar-refractivity contribution in [1.29, 1.82) is 0 Å². The highest BCUT2D eigenvalue weighted by Crippen LogP contribution is 2.28. The Bertz CT molecular complexity index is 903. The van der Waals surface area contributed by atoms with Crippen molar-refractivity contribution in [3.8, 4) is 5.75 Å². The van der Waals surface area contributed by atoms with Gasteiger partial charge in [-0.1, -0.05) is 12.1 Å². The van der Waals surface area contributed by atoms with E-state index < -0.39 is 0 Å². The Hall–Kier alpha value is -3.02. The zero-order valence-electron chi connectivity index (χ0n) is 19.4. The van der Waals surface area contributed by atoms with Crippen molar-refractivity contribution < 1.29 is 19.1 Å². The number of carbonyl (C=O) groups excluding carboxylic acids is 2. The minimum Gasteiger partial charge on any atom is -0.491 e. The third kappa shape index (κ3) is 6.49. The molecule has 1 fully saturated rings. The molecule has 1 aliphatic heterocycles. The molecule has 6 heteroatoms. The van der Waals surface area contributed by atoms with Crippen molar-refractivity contribution in [2.45, 2.75) is 52.6 Å². The van der Waals surface area contributed by atoms with Crippen LogP contribution < -0.4 is 15.0 Å². The lowest BCUT2D eigenvalue weighted by molar-refractivity contribution is 0.0526. The van der Waals surface area contributed by atoms with Crippen LogP contribution in [-0.2, 0) is 11.2 Å². The number of benzene rings is 2. The smallest absolute Gasteiger partial charge is 0.338 e. The predicted octanol–water partition coefficient (Wildman–Crippen LogP) is 4.61.